The van der Waals surface area contributed by atoms with Gasteiger partial charge in [-0.2, -0.15) is 0 Å². The van der Waals surface area contributed by atoms with Gasteiger partial charge in [0.2, 0.25) is 0 Å². The highest BCUT2D eigenvalue weighted by Gasteiger charge is 2.09. The third-order valence-electron chi connectivity index (χ3n) is 3.19. The maximum absolute atomic E-state index is 6.29. The Morgan fingerprint density at radius 1 is 1.06 bits per heavy atom. The van der Waals surface area contributed by atoms with Crippen molar-refractivity contribution in [3.8, 4) is 5.75 Å². The minimum atomic E-state index is -0.0811. The molecular weight excluding hydrogens is 222 g/mol. The molecule has 1 unspecified atom stereocenters. The molecule has 0 saturated carbocycles. The van der Waals surface area contributed by atoms with E-state index in [-0.39, 0.29) is 6.04 Å². The van der Waals surface area contributed by atoms with E-state index in [1.54, 1.807) is 7.11 Å². The van der Waals surface area contributed by atoms with Crippen molar-refractivity contribution in [2.75, 3.05) is 7.11 Å². The molecule has 2 nitrogen and oxygen atoms in total. The van der Waals surface area contributed by atoms with Gasteiger partial charge in [0, 0.05) is 0 Å². The molecule has 2 heteroatoms. The Bertz CT molecular complexity index is 505. The first-order chi connectivity index (χ1) is 8.74. The van der Waals surface area contributed by atoms with E-state index in [0.717, 1.165) is 23.3 Å². The lowest BCUT2D eigenvalue weighted by molar-refractivity contribution is 0.414. The summed E-state index contributed by atoms with van der Waals surface area (Å²) in [6, 6.07) is 16.3. The second-order valence-electron chi connectivity index (χ2n) is 4.35. The van der Waals surface area contributed by atoms with Gasteiger partial charge in [-0.05, 0) is 35.2 Å². The lowest BCUT2D eigenvalue weighted by atomic mass is 9.97. The van der Waals surface area contributed by atoms with Gasteiger partial charge in [0.05, 0.1) is 13.2 Å². The summed E-state index contributed by atoms with van der Waals surface area (Å²) in [6.45, 7) is 2.15. The molecule has 2 aromatic carbocycles. The fraction of sp³-hybridized carbons (Fsp3) is 0.250. The molecule has 0 aliphatic rings. The molecule has 2 aromatic rings. The van der Waals surface area contributed by atoms with Crippen LogP contribution in [-0.2, 0) is 6.42 Å². The predicted octanol–water partition coefficient (Wildman–Crippen LogP) is 3.31. The highest BCUT2D eigenvalue weighted by atomic mass is 16.5. The zero-order valence-corrected chi connectivity index (χ0v) is 10.9. The van der Waals surface area contributed by atoms with Crippen molar-refractivity contribution in [2.45, 2.75) is 19.4 Å². The topological polar surface area (TPSA) is 35.2 Å². The van der Waals surface area contributed by atoms with E-state index in [1.165, 1.54) is 5.56 Å². The number of nitrogens with two attached hydrogens (primary N) is 1. The van der Waals surface area contributed by atoms with Gasteiger partial charge in [-0.3, -0.25) is 0 Å². The van der Waals surface area contributed by atoms with Gasteiger partial charge in [0.15, 0.2) is 0 Å². The van der Waals surface area contributed by atoms with Crippen molar-refractivity contribution in [3.63, 3.8) is 0 Å². The van der Waals surface area contributed by atoms with E-state index >= 15 is 0 Å². The molecule has 18 heavy (non-hydrogen) atoms. The summed E-state index contributed by atoms with van der Waals surface area (Å²) in [7, 11) is 1.67. The standard InChI is InChI=1S/C16H19NO/c1-3-12-5-4-6-14(11-12)16(17)13-7-9-15(18-2)10-8-13/h4-11,16H,3,17H2,1-2H3. The number of aryl methyl sites for hydroxylation is 1. The van der Waals surface area contributed by atoms with Crippen LogP contribution in [0.5, 0.6) is 5.75 Å². The minimum Gasteiger partial charge on any atom is -0.497 e. The van der Waals surface area contributed by atoms with Crippen molar-refractivity contribution in [2.24, 2.45) is 5.73 Å². The zero-order valence-electron chi connectivity index (χ0n) is 10.9. The van der Waals surface area contributed by atoms with Gasteiger partial charge in [0.1, 0.15) is 5.75 Å². The maximum atomic E-state index is 6.29. The molecule has 0 saturated heterocycles. The molecule has 0 heterocycles. The van der Waals surface area contributed by atoms with E-state index in [1.807, 2.05) is 24.3 Å². The molecule has 0 amide bonds. The van der Waals surface area contributed by atoms with Crippen LogP contribution in [0.2, 0.25) is 0 Å². The second kappa shape index (κ2) is 5.69. The molecule has 0 aliphatic carbocycles. The Labute approximate surface area is 108 Å². The number of benzene rings is 2. The summed E-state index contributed by atoms with van der Waals surface area (Å²) in [5.41, 5.74) is 9.86. The van der Waals surface area contributed by atoms with Crippen LogP contribution in [0.15, 0.2) is 48.5 Å². The quantitative estimate of drug-likeness (QED) is 0.891. The molecule has 0 bridgehead atoms. The van der Waals surface area contributed by atoms with Crippen LogP contribution in [0.4, 0.5) is 0 Å². The van der Waals surface area contributed by atoms with Crippen molar-refractivity contribution >= 4 is 0 Å². The Kier molecular flexibility index (Phi) is 4.00. The van der Waals surface area contributed by atoms with Gasteiger partial charge < -0.3 is 10.5 Å². The fourth-order valence-electron chi connectivity index (χ4n) is 2.01. The monoisotopic (exact) mass is 241 g/mol. The summed E-state index contributed by atoms with van der Waals surface area (Å²) in [6.07, 6.45) is 1.03. The lowest BCUT2D eigenvalue weighted by Crippen LogP contribution is -2.11. The van der Waals surface area contributed by atoms with Crippen LogP contribution in [0.1, 0.15) is 29.7 Å². The van der Waals surface area contributed by atoms with Gasteiger partial charge in [-0.1, -0.05) is 43.3 Å². The average Bonchev–Trinajstić information content (AvgIpc) is 2.46. The molecule has 94 valence electrons. The van der Waals surface area contributed by atoms with E-state index in [9.17, 15) is 0 Å². The number of hydrogen-bond donors (Lipinski definition) is 1. The number of ether oxygens (including phenoxy) is 1. The molecule has 0 fully saturated rings. The Balaban J connectivity index is 2.25. The summed E-state index contributed by atoms with van der Waals surface area (Å²) >= 11 is 0. The molecule has 0 aromatic heterocycles. The maximum Gasteiger partial charge on any atom is 0.118 e. The number of rotatable bonds is 4. The largest absolute Gasteiger partial charge is 0.497 e. The normalized spacial score (nSPS) is 12.2. The van der Waals surface area contributed by atoms with Crippen LogP contribution in [0.3, 0.4) is 0 Å². The average molecular weight is 241 g/mol. The van der Waals surface area contributed by atoms with Gasteiger partial charge in [-0.15, -0.1) is 0 Å². The van der Waals surface area contributed by atoms with Crippen molar-refractivity contribution in [1.82, 2.24) is 0 Å². The summed E-state index contributed by atoms with van der Waals surface area (Å²) in [5.74, 6) is 0.855. The Morgan fingerprint density at radius 3 is 2.39 bits per heavy atom. The van der Waals surface area contributed by atoms with Crippen LogP contribution in [-0.4, -0.2) is 7.11 Å². The minimum absolute atomic E-state index is 0.0811. The molecule has 0 aliphatic heterocycles. The van der Waals surface area contributed by atoms with E-state index in [0.29, 0.717) is 0 Å². The zero-order chi connectivity index (χ0) is 13.0. The van der Waals surface area contributed by atoms with Gasteiger partial charge in [0.25, 0.3) is 0 Å². The van der Waals surface area contributed by atoms with Crippen LogP contribution < -0.4 is 10.5 Å². The highest BCUT2D eigenvalue weighted by Crippen LogP contribution is 2.22. The SMILES string of the molecule is CCc1cccc(C(N)c2ccc(OC)cc2)c1. The van der Waals surface area contributed by atoms with Crippen molar-refractivity contribution in [3.05, 3.63) is 65.2 Å². The summed E-state index contributed by atoms with van der Waals surface area (Å²) in [4.78, 5) is 0. The molecule has 2 N–H and O–H groups in total. The molecule has 2 rings (SSSR count). The van der Waals surface area contributed by atoms with Crippen LogP contribution >= 0.6 is 0 Å². The predicted molar refractivity (Wildman–Crippen MR) is 74.8 cm³/mol. The molecular formula is C16H19NO. The van der Waals surface area contributed by atoms with E-state index < -0.39 is 0 Å². The first-order valence-corrected chi connectivity index (χ1v) is 6.23. The second-order valence-corrected chi connectivity index (χ2v) is 4.35. The summed E-state index contributed by atoms with van der Waals surface area (Å²) < 4.78 is 5.15. The summed E-state index contributed by atoms with van der Waals surface area (Å²) in [5, 5.41) is 0. The van der Waals surface area contributed by atoms with Gasteiger partial charge in [-0.25, -0.2) is 0 Å². The fourth-order valence-corrected chi connectivity index (χ4v) is 2.01. The number of methoxy groups -OCH3 is 1. The molecule has 1 atom stereocenters. The van der Waals surface area contributed by atoms with Crippen molar-refractivity contribution in [1.29, 1.82) is 0 Å². The molecule has 0 spiro atoms. The van der Waals surface area contributed by atoms with E-state index in [2.05, 4.69) is 31.2 Å². The van der Waals surface area contributed by atoms with Gasteiger partial charge >= 0.3 is 0 Å². The third kappa shape index (κ3) is 2.71. The smallest absolute Gasteiger partial charge is 0.118 e. The lowest BCUT2D eigenvalue weighted by Gasteiger charge is -2.14. The first-order valence-electron chi connectivity index (χ1n) is 6.23. The highest BCUT2D eigenvalue weighted by molar-refractivity contribution is 5.36. The number of hydrogen-bond acceptors (Lipinski definition) is 2. The Morgan fingerprint density at radius 2 is 1.78 bits per heavy atom. The third-order valence-corrected chi connectivity index (χ3v) is 3.19. The first kappa shape index (κ1) is 12.7. The van der Waals surface area contributed by atoms with Crippen LogP contribution in [0.25, 0.3) is 0 Å². The van der Waals surface area contributed by atoms with E-state index in [4.69, 9.17) is 10.5 Å². The van der Waals surface area contributed by atoms with Crippen molar-refractivity contribution < 1.29 is 4.74 Å². The Hall–Kier alpha value is -1.80. The van der Waals surface area contributed by atoms with Crippen LogP contribution in [0, 0.1) is 0 Å². The molecule has 0 radical (unpaired) electrons.